The van der Waals surface area contributed by atoms with Crippen molar-refractivity contribution >= 4 is 17.6 Å². The minimum Gasteiger partial charge on any atom is -0.478 e. The number of carboxylic acids is 2. The monoisotopic (exact) mass is 211 g/mol. The fourth-order valence-electron chi connectivity index (χ4n) is 0.891. The fraction of sp³-hybridized carbons (Fsp3) is 0.200. The number of carbonyl (C=O) groups is 2. The highest BCUT2D eigenvalue weighted by molar-refractivity contribution is 5.96. The van der Waals surface area contributed by atoms with Gasteiger partial charge in [0, 0.05) is 5.69 Å². The van der Waals surface area contributed by atoms with Crippen LogP contribution in [0, 0.1) is 0 Å². The van der Waals surface area contributed by atoms with Gasteiger partial charge in [-0.1, -0.05) is 13.8 Å². The van der Waals surface area contributed by atoms with Crippen molar-refractivity contribution in [3.8, 4) is 0 Å². The van der Waals surface area contributed by atoms with Crippen molar-refractivity contribution in [2.24, 2.45) is 0 Å². The number of benzene rings is 1. The van der Waals surface area contributed by atoms with E-state index in [1.54, 1.807) is 0 Å². The zero-order valence-corrected chi connectivity index (χ0v) is 8.52. The minimum atomic E-state index is -1.17. The molecule has 5 heteroatoms. The first kappa shape index (κ1) is 13.0. The van der Waals surface area contributed by atoms with Crippen molar-refractivity contribution in [3.05, 3.63) is 29.3 Å². The molecule has 0 bridgehead atoms. The normalized spacial score (nSPS) is 8.67. The maximum absolute atomic E-state index is 10.5. The number of rotatable bonds is 2. The molecule has 1 aromatic rings. The SMILES string of the molecule is CC.Nc1cc(C(=O)O)ccc1C(=O)O. The molecule has 0 aliphatic rings. The molecule has 0 saturated carbocycles. The number of nitrogen functional groups attached to an aromatic ring is 1. The van der Waals surface area contributed by atoms with Crippen LogP contribution >= 0.6 is 0 Å². The van der Waals surface area contributed by atoms with Crippen LogP contribution in [0.2, 0.25) is 0 Å². The Bertz CT molecular complexity index is 374. The minimum absolute atomic E-state index is 0.0255. The van der Waals surface area contributed by atoms with Gasteiger partial charge < -0.3 is 15.9 Å². The molecule has 0 aliphatic carbocycles. The van der Waals surface area contributed by atoms with Crippen molar-refractivity contribution in [1.29, 1.82) is 0 Å². The van der Waals surface area contributed by atoms with Gasteiger partial charge >= 0.3 is 11.9 Å². The number of anilines is 1. The molecule has 0 heterocycles. The van der Waals surface area contributed by atoms with Crippen molar-refractivity contribution in [2.75, 3.05) is 5.73 Å². The Kier molecular flexibility index (Phi) is 4.87. The lowest BCUT2D eigenvalue weighted by Crippen LogP contribution is -2.05. The summed E-state index contributed by atoms with van der Waals surface area (Å²) in [6.07, 6.45) is 0. The van der Waals surface area contributed by atoms with Crippen molar-refractivity contribution < 1.29 is 19.8 Å². The Labute approximate surface area is 87.1 Å². The number of nitrogens with two attached hydrogens (primary N) is 1. The topological polar surface area (TPSA) is 101 Å². The van der Waals surface area contributed by atoms with E-state index in [0.717, 1.165) is 6.07 Å². The van der Waals surface area contributed by atoms with Crippen molar-refractivity contribution in [3.63, 3.8) is 0 Å². The molecule has 4 N–H and O–H groups in total. The van der Waals surface area contributed by atoms with Crippen LogP contribution in [0.1, 0.15) is 34.6 Å². The molecule has 0 radical (unpaired) electrons. The molecule has 0 atom stereocenters. The van der Waals surface area contributed by atoms with Crippen LogP contribution in [0.25, 0.3) is 0 Å². The maximum Gasteiger partial charge on any atom is 0.337 e. The first-order chi connectivity index (χ1) is 7.02. The van der Waals surface area contributed by atoms with Gasteiger partial charge in [0.05, 0.1) is 11.1 Å². The summed E-state index contributed by atoms with van der Waals surface area (Å²) in [5.74, 6) is -2.31. The number of hydrogen-bond acceptors (Lipinski definition) is 3. The van der Waals surface area contributed by atoms with Gasteiger partial charge in [-0.2, -0.15) is 0 Å². The maximum atomic E-state index is 10.5. The van der Waals surface area contributed by atoms with Gasteiger partial charge in [0.25, 0.3) is 0 Å². The molecular formula is C10H13NO4. The van der Waals surface area contributed by atoms with Gasteiger partial charge in [-0.15, -0.1) is 0 Å². The van der Waals surface area contributed by atoms with Crippen LogP contribution in [0.4, 0.5) is 5.69 Å². The second kappa shape index (κ2) is 5.64. The summed E-state index contributed by atoms with van der Waals surface area (Å²) in [5.41, 5.74) is 5.15. The van der Waals surface area contributed by atoms with E-state index < -0.39 is 11.9 Å². The smallest absolute Gasteiger partial charge is 0.337 e. The third-order valence-corrected chi connectivity index (χ3v) is 1.53. The molecule has 0 amide bonds. The predicted molar refractivity (Wildman–Crippen MR) is 56.1 cm³/mol. The molecule has 0 fully saturated rings. The number of carboxylic acid groups (broad SMARTS) is 2. The number of aromatic carboxylic acids is 2. The zero-order valence-electron chi connectivity index (χ0n) is 8.52. The van der Waals surface area contributed by atoms with E-state index in [9.17, 15) is 9.59 Å². The summed E-state index contributed by atoms with van der Waals surface area (Å²) < 4.78 is 0. The fourth-order valence-corrected chi connectivity index (χ4v) is 0.891. The Morgan fingerprint density at radius 1 is 1.13 bits per heavy atom. The first-order valence-electron chi connectivity index (χ1n) is 4.38. The average molecular weight is 211 g/mol. The van der Waals surface area contributed by atoms with Gasteiger partial charge in [-0.25, -0.2) is 9.59 Å². The van der Waals surface area contributed by atoms with E-state index in [0.29, 0.717) is 0 Å². The van der Waals surface area contributed by atoms with E-state index in [-0.39, 0.29) is 16.8 Å². The van der Waals surface area contributed by atoms with E-state index >= 15 is 0 Å². The summed E-state index contributed by atoms with van der Waals surface area (Å²) in [4.78, 5) is 20.9. The van der Waals surface area contributed by atoms with Gasteiger partial charge in [-0.3, -0.25) is 0 Å². The molecule has 0 saturated heterocycles. The Balaban J connectivity index is 0.000000921. The molecular weight excluding hydrogens is 198 g/mol. The molecule has 82 valence electrons. The predicted octanol–water partition coefficient (Wildman–Crippen LogP) is 1.69. The molecule has 0 spiro atoms. The lowest BCUT2D eigenvalue weighted by atomic mass is 10.1. The van der Waals surface area contributed by atoms with Crippen molar-refractivity contribution in [1.82, 2.24) is 0 Å². The van der Waals surface area contributed by atoms with Gasteiger partial charge in [0.2, 0.25) is 0 Å². The third kappa shape index (κ3) is 3.30. The summed E-state index contributed by atoms with van der Waals surface area (Å²) in [6.45, 7) is 4.00. The van der Waals surface area contributed by atoms with Gasteiger partial charge in [0.15, 0.2) is 0 Å². The van der Waals surface area contributed by atoms with E-state index in [2.05, 4.69) is 0 Å². The molecule has 5 nitrogen and oxygen atoms in total. The van der Waals surface area contributed by atoms with Crippen LogP contribution in [-0.4, -0.2) is 22.2 Å². The molecule has 0 aromatic heterocycles. The molecule has 0 unspecified atom stereocenters. The summed E-state index contributed by atoms with van der Waals surface area (Å²) in [5, 5.41) is 17.1. The standard InChI is InChI=1S/C8H7NO4.C2H6/c9-6-3-4(7(10)11)1-2-5(6)8(12)13;1-2/h1-3H,9H2,(H,10,11)(H,12,13);1-2H3. The highest BCUT2D eigenvalue weighted by Crippen LogP contribution is 2.13. The lowest BCUT2D eigenvalue weighted by molar-refractivity contribution is 0.0682. The van der Waals surface area contributed by atoms with E-state index in [1.807, 2.05) is 13.8 Å². The average Bonchev–Trinajstić information content (AvgIpc) is 2.20. The van der Waals surface area contributed by atoms with Crippen LogP contribution in [0.3, 0.4) is 0 Å². The molecule has 0 aliphatic heterocycles. The quantitative estimate of drug-likeness (QED) is 0.646. The van der Waals surface area contributed by atoms with E-state index in [4.69, 9.17) is 15.9 Å². The molecule has 1 rings (SSSR count). The van der Waals surface area contributed by atoms with Crippen LogP contribution < -0.4 is 5.73 Å². The Morgan fingerprint density at radius 3 is 2.00 bits per heavy atom. The highest BCUT2D eigenvalue weighted by Gasteiger charge is 2.10. The summed E-state index contributed by atoms with van der Waals surface area (Å²) in [6, 6.07) is 3.48. The van der Waals surface area contributed by atoms with Crippen molar-refractivity contribution in [2.45, 2.75) is 13.8 Å². The zero-order chi connectivity index (χ0) is 12.0. The first-order valence-corrected chi connectivity index (χ1v) is 4.38. The van der Waals surface area contributed by atoms with E-state index in [1.165, 1.54) is 12.1 Å². The Hall–Kier alpha value is -2.04. The molecule has 15 heavy (non-hydrogen) atoms. The van der Waals surface area contributed by atoms with Crippen LogP contribution in [0.15, 0.2) is 18.2 Å². The van der Waals surface area contributed by atoms with Crippen LogP contribution in [0.5, 0.6) is 0 Å². The highest BCUT2D eigenvalue weighted by atomic mass is 16.4. The van der Waals surface area contributed by atoms with Gasteiger partial charge in [0.1, 0.15) is 0 Å². The van der Waals surface area contributed by atoms with Gasteiger partial charge in [-0.05, 0) is 18.2 Å². The lowest BCUT2D eigenvalue weighted by Gasteiger charge is -2.00. The molecule has 1 aromatic carbocycles. The second-order valence-corrected chi connectivity index (χ2v) is 2.41. The largest absolute Gasteiger partial charge is 0.478 e. The Morgan fingerprint density at radius 2 is 1.67 bits per heavy atom. The van der Waals surface area contributed by atoms with Crippen LogP contribution in [-0.2, 0) is 0 Å². The number of hydrogen-bond donors (Lipinski definition) is 3. The summed E-state index contributed by atoms with van der Waals surface area (Å²) in [7, 11) is 0. The third-order valence-electron chi connectivity index (χ3n) is 1.53. The second-order valence-electron chi connectivity index (χ2n) is 2.41. The summed E-state index contributed by atoms with van der Waals surface area (Å²) >= 11 is 0.